The third-order valence-corrected chi connectivity index (χ3v) is 0.414. The van der Waals surface area contributed by atoms with Crippen LogP contribution in [0.2, 0.25) is 0 Å². The molecule has 0 heterocycles. The van der Waals surface area contributed by atoms with Crippen LogP contribution in [-0.2, 0) is 0 Å². The van der Waals surface area contributed by atoms with Gasteiger partial charge in [0.25, 0.3) is 0 Å². The summed E-state index contributed by atoms with van der Waals surface area (Å²) in [6, 6.07) is 0. The van der Waals surface area contributed by atoms with Crippen molar-refractivity contribution in [2.75, 3.05) is 13.6 Å². The van der Waals surface area contributed by atoms with Crippen molar-refractivity contribution in [2.45, 2.75) is 6.92 Å². The Kier molecular flexibility index (Phi) is 5.89. The normalized spacial score (nSPS) is 12.7. The Morgan fingerprint density at radius 1 is 1.00 bits per heavy atom. The van der Waals surface area contributed by atoms with Gasteiger partial charge in [-0.2, -0.15) is 10.2 Å². The molecule has 0 aliphatic carbocycles. The van der Waals surface area contributed by atoms with Gasteiger partial charge >= 0.3 is 0 Å². The molecule has 50 valence electrons. The van der Waals surface area contributed by atoms with Gasteiger partial charge in [0, 0.05) is 0 Å². The van der Waals surface area contributed by atoms with E-state index in [0.717, 1.165) is 0 Å². The van der Waals surface area contributed by atoms with E-state index in [9.17, 15) is 0 Å². The van der Waals surface area contributed by atoms with Gasteiger partial charge in [0.2, 0.25) is 0 Å². The molecule has 0 amide bonds. The molecular formula is C3H8N6. The van der Waals surface area contributed by atoms with E-state index in [4.69, 9.17) is 0 Å². The minimum absolute atomic E-state index is 0.599. The maximum absolute atomic E-state index is 3.51. The molecular weight excluding hydrogens is 120 g/mol. The second-order valence-electron chi connectivity index (χ2n) is 1.02. The van der Waals surface area contributed by atoms with Crippen molar-refractivity contribution < 1.29 is 0 Å². The highest BCUT2D eigenvalue weighted by atomic mass is 15.6. The number of nitrogens with zero attached hydrogens (tertiary/aromatic N) is 6. The van der Waals surface area contributed by atoms with Gasteiger partial charge < -0.3 is 0 Å². The molecule has 0 saturated carbocycles. The summed E-state index contributed by atoms with van der Waals surface area (Å²) in [5.41, 5.74) is 0. The average Bonchev–Trinajstić information content (AvgIpc) is 1.89. The molecule has 0 bridgehead atoms. The monoisotopic (exact) mass is 128 g/mol. The molecule has 6 heteroatoms. The summed E-state index contributed by atoms with van der Waals surface area (Å²) in [6.07, 6.45) is 0. The number of hydrogen-bond donors (Lipinski definition) is 0. The lowest BCUT2D eigenvalue weighted by molar-refractivity contribution is 0.812. The third-order valence-electron chi connectivity index (χ3n) is 0.414. The van der Waals surface area contributed by atoms with Gasteiger partial charge in [0.1, 0.15) is 0 Å². The fourth-order valence-corrected chi connectivity index (χ4v) is 0.167. The van der Waals surface area contributed by atoms with E-state index in [1.807, 2.05) is 6.92 Å². The topological polar surface area (TPSA) is 74.2 Å². The van der Waals surface area contributed by atoms with Gasteiger partial charge in [-0.05, 0) is 27.8 Å². The van der Waals surface area contributed by atoms with Gasteiger partial charge in [-0.3, -0.25) is 0 Å². The predicted octanol–water partition coefficient (Wildman–Crippen LogP) is 1.82. The van der Waals surface area contributed by atoms with Gasteiger partial charge in [-0.1, -0.05) is 0 Å². The molecule has 0 aromatic heterocycles. The summed E-state index contributed by atoms with van der Waals surface area (Å²) >= 11 is 0. The Morgan fingerprint density at radius 2 is 1.67 bits per heavy atom. The number of hydrogen-bond acceptors (Lipinski definition) is 2. The summed E-state index contributed by atoms with van der Waals surface area (Å²) in [5, 5.41) is 19.6. The fraction of sp³-hybridized carbons (Fsp3) is 1.00. The molecule has 6 nitrogen and oxygen atoms in total. The first kappa shape index (κ1) is 7.80. The van der Waals surface area contributed by atoms with E-state index >= 15 is 0 Å². The minimum Gasteiger partial charge on any atom is -0.171 e. The van der Waals surface area contributed by atoms with Gasteiger partial charge in [-0.25, -0.2) is 0 Å². The Balaban J connectivity index is 3.35. The number of rotatable bonds is 3. The van der Waals surface area contributed by atoms with Crippen LogP contribution >= 0.6 is 0 Å². The second-order valence-corrected chi connectivity index (χ2v) is 1.02. The molecule has 9 heavy (non-hydrogen) atoms. The molecule has 0 aliphatic rings. The predicted molar refractivity (Wildman–Crippen MR) is 31.0 cm³/mol. The zero-order chi connectivity index (χ0) is 6.95. The largest absolute Gasteiger partial charge is 0.171 e. The molecule has 0 radical (unpaired) electrons. The van der Waals surface area contributed by atoms with E-state index in [0.29, 0.717) is 6.54 Å². The quantitative estimate of drug-likeness (QED) is 0.410. The Hall–Kier alpha value is -1.20. The maximum Gasteiger partial charge on any atom is 0.0593 e. The highest BCUT2D eigenvalue weighted by molar-refractivity contribution is 4.18. The maximum atomic E-state index is 3.51. The van der Waals surface area contributed by atoms with E-state index in [2.05, 4.69) is 31.1 Å². The molecule has 0 spiro atoms. The van der Waals surface area contributed by atoms with Crippen molar-refractivity contribution in [2.24, 2.45) is 31.1 Å². The first-order valence-corrected chi connectivity index (χ1v) is 2.47. The molecule has 0 saturated heterocycles. The summed E-state index contributed by atoms with van der Waals surface area (Å²) in [4.78, 5) is 0. The SMILES string of the molecule is CCN=NN=NN=NC. The van der Waals surface area contributed by atoms with Crippen LogP contribution in [0.1, 0.15) is 6.92 Å². The van der Waals surface area contributed by atoms with Crippen molar-refractivity contribution >= 4 is 0 Å². The van der Waals surface area contributed by atoms with Gasteiger partial charge in [0.05, 0.1) is 13.6 Å². The smallest absolute Gasteiger partial charge is 0.0593 e. The molecule has 0 aromatic rings. The van der Waals surface area contributed by atoms with Crippen LogP contribution in [0.3, 0.4) is 0 Å². The van der Waals surface area contributed by atoms with Crippen LogP contribution in [0.4, 0.5) is 0 Å². The summed E-state index contributed by atoms with van der Waals surface area (Å²) in [5.74, 6) is 0. The molecule has 0 fully saturated rings. The van der Waals surface area contributed by atoms with E-state index < -0.39 is 0 Å². The zero-order valence-corrected chi connectivity index (χ0v) is 5.39. The highest BCUT2D eigenvalue weighted by Gasteiger charge is 1.63. The van der Waals surface area contributed by atoms with Crippen LogP contribution in [0.5, 0.6) is 0 Å². The second kappa shape index (κ2) is 6.80. The molecule has 0 rings (SSSR count). The van der Waals surface area contributed by atoms with Crippen molar-refractivity contribution in [3.05, 3.63) is 0 Å². The highest BCUT2D eigenvalue weighted by Crippen LogP contribution is 1.80. The average molecular weight is 128 g/mol. The molecule has 0 aromatic carbocycles. The first-order valence-electron chi connectivity index (χ1n) is 2.47. The van der Waals surface area contributed by atoms with Crippen molar-refractivity contribution in [3.63, 3.8) is 0 Å². The van der Waals surface area contributed by atoms with Crippen molar-refractivity contribution in [1.82, 2.24) is 0 Å². The zero-order valence-electron chi connectivity index (χ0n) is 5.39. The Morgan fingerprint density at radius 3 is 2.22 bits per heavy atom. The van der Waals surface area contributed by atoms with E-state index in [1.54, 1.807) is 0 Å². The Bertz CT molecular complexity index is 124. The molecule has 0 unspecified atom stereocenters. The molecule has 0 N–H and O–H groups in total. The van der Waals surface area contributed by atoms with Crippen molar-refractivity contribution in [1.29, 1.82) is 0 Å². The van der Waals surface area contributed by atoms with E-state index in [1.165, 1.54) is 7.05 Å². The molecule has 0 aliphatic heterocycles. The van der Waals surface area contributed by atoms with E-state index in [-0.39, 0.29) is 0 Å². The van der Waals surface area contributed by atoms with Crippen LogP contribution in [-0.4, -0.2) is 13.6 Å². The molecule has 0 atom stereocenters. The first-order chi connectivity index (χ1) is 4.41. The van der Waals surface area contributed by atoms with Crippen LogP contribution in [0.15, 0.2) is 31.1 Å². The lowest BCUT2D eigenvalue weighted by atomic mass is 10.8. The minimum atomic E-state index is 0.599. The van der Waals surface area contributed by atoms with Gasteiger partial charge in [0.15, 0.2) is 0 Å². The standard InChI is InChI=1S/C3H8N6/c1-3-5-7-9-8-6-4-2/h3H2,1-2H3. The van der Waals surface area contributed by atoms with Gasteiger partial charge in [-0.15, -0.1) is 0 Å². The summed E-state index contributed by atoms with van der Waals surface area (Å²) in [6.45, 7) is 2.45. The van der Waals surface area contributed by atoms with Crippen LogP contribution < -0.4 is 0 Å². The van der Waals surface area contributed by atoms with Crippen LogP contribution in [0.25, 0.3) is 0 Å². The summed E-state index contributed by atoms with van der Waals surface area (Å²) < 4.78 is 0. The lowest BCUT2D eigenvalue weighted by Crippen LogP contribution is -1.58. The van der Waals surface area contributed by atoms with Crippen molar-refractivity contribution in [3.8, 4) is 0 Å². The third kappa shape index (κ3) is 6.80. The summed E-state index contributed by atoms with van der Waals surface area (Å²) in [7, 11) is 1.50. The Labute approximate surface area is 52.7 Å². The van der Waals surface area contributed by atoms with Crippen LogP contribution in [0, 0.1) is 0 Å². The fourth-order valence-electron chi connectivity index (χ4n) is 0.167. The lowest BCUT2D eigenvalue weighted by Gasteiger charge is -1.70.